The first-order chi connectivity index (χ1) is 9.40. The number of benzene rings is 2. The second-order valence-electron chi connectivity index (χ2n) is 3.81. The predicted molar refractivity (Wildman–Crippen MR) is 68.4 cm³/mol. The quantitative estimate of drug-likeness (QED) is 0.638. The fourth-order valence-electron chi connectivity index (χ4n) is 1.45. The van der Waals surface area contributed by atoms with Gasteiger partial charge in [-0.1, -0.05) is 0 Å². The van der Waals surface area contributed by atoms with Crippen LogP contribution in [0.3, 0.4) is 0 Å². The summed E-state index contributed by atoms with van der Waals surface area (Å²) >= 11 is 2.90. The van der Waals surface area contributed by atoms with E-state index in [2.05, 4.69) is 21.2 Å². The minimum atomic E-state index is -1.68. The lowest BCUT2D eigenvalue weighted by Gasteiger charge is -2.07. The SMILES string of the molecule is O=C(Nc1ccc(F)c(F)c1F)c1ccc(F)c(Br)c1. The average Bonchev–Trinajstić information content (AvgIpc) is 2.42. The Kier molecular flexibility index (Phi) is 4.08. The Morgan fingerprint density at radius 2 is 1.60 bits per heavy atom. The molecule has 0 aliphatic carbocycles. The van der Waals surface area contributed by atoms with Crippen LogP contribution in [0.15, 0.2) is 34.8 Å². The molecule has 0 saturated carbocycles. The summed E-state index contributed by atoms with van der Waals surface area (Å²) in [6.45, 7) is 0. The molecule has 0 atom stereocenters. The largest absolute Gasteiger partial charge is 0.319 e. The van der Waals surface area contributed by atoms with Crippen LogP contribution in [0.5, 0.6) is 0 Å². The van der Waals surface area contributed by atoms with E-state index in [1.807, 2.05) is 0 Å². The summed E-state index contributed by atoms with van der Waals surface area (Å²) < 4.78 is 52.2. The van der Waals surface area contributed by atoms with Gasteiger partial charge in [0.15, 0.2) is 17.5 Å². The van der Waals surface area contributed by atoms with Crippen LogP contribution in [-0.2, 0) is 0 Å². The molecule has 0 unspecified atom stereocenters. The molecule has 0 bridgehead atoms. The molecule has 104 valence electrons. The summed E-state index contributed by atoms with van der Waals surface area (Å²) in [5, 5.41) is 2.08. The van der Waals surface area contributed by atoms with Gasteiger partial charge in [0.2, 0.25) is 0 Å². The molecule has 1 N–H and O–H groups in total. The Balaban J connectivity index is 2.28. The molecule has 0 spiro atoms. The summed E-state index contributed by atoms with van der Waals surface area (Å²) in [6.07, 6.45) is 0. The van der Waals surface area contributed by atoms with E-state index in [4.69, 9.17) is 0 Å². The fourth-order valence-corrected chi connectivity index (χ4v) is 1.83. The van der Waals surface area contributed by atoms with Gasteiger partial charge in [-0.2, -0.15) is 0 Å². The van der Waals surface area contributed by atoms with Crippen molar-refractivity contribution in [1.82, 2.24) is 0 Å². The van der Waals surface area contributed by atoms with Gasteiger partial charge in [-0.05, 0) is 46.3 Å². The van der Waals surface area contributed by atoms with Gasteiger partial charge in [-0.15, -0.1) is 0 Å². The van der Waals surface area contributed by atoms with E-state index in [1.54, 1.807) is 0 Å². The highest BCUT2D eigenvalue weighted by Crippen LogP contribution is 2.21. The van der Waals surface area contributed by atoms with E-state index in [0.717, 1.165) is 12.1 Å². The molecule has 0 saturated heterocycles. The highest BCUT2D eigenvalue weighted by Gasteiger charge is 2.16. The lowest BCUT2D eigenvalue weighted by Crippen LogP contribution is -2.14. The number of carbonyl (C=O) groups excluding carboxylic acids is 1. The van der Waals surface area contributed by atoms with E-state index in [1.165, 1.54) is 12.1 Å². The average molecular weight is 348 g/mol. The van der Waals surface area contributed by atoms with Crippen molar-refractivity contribution >= 4 is 27.5 Å². The first-order valence-electron chi connectivity index (χ1n) is 5.30. The highest BCUT2D eigenvalue weighted by atomic mass is 79.9. The molecule has 0 radical (unpaired) electrons. The van der Waals surface area contributed by atoms with E-state index >= 15 is 0 Å². The number of anilines is 1. The molecule has 2 rings (SSSR count). The van der Waals surface area contributed by atoms with Crippen LogP contribution in [0.2, 0.25) is 0 Å². The van der Waals surface area contributed by atoms with Crippen molar-refractivity contribution < 1.29 is 22.4 Å². The Labute approximate surface area is 119 Å². The number of hydrogen-bond donors (Lipinski definition) is 1. The van der Waals surface area contributed by atoms with Crippen molar-refractivity contribution in [1.29, 1.82) is 0 Å². The zero-order valence-corrected chi connectivity index (χ0v) is 11.3. The van der Waals surface area contributed by atoms with Gasteiger partial charge in [0.05, 0.1) is 10.2 Å². The van der Waals surface area contributed by atoms with Gasteiger partial charge in [0.25, 0.3) is 5.91 Å². The van der Waals surface area contributed by atoms with Gasteiger partial charge in [0.1, 0.15) is 5.82 Å². The van der Waals surface area contributed by atoms with Crippen LogP contribution in [0, 0.1) is 23.3 Å². The fraction of sp³-hybridized carbons (Fsp3) is 0. The van der Waals surface area contributed by atoms with Crippen LogP contribution in [0.25, 0.3) is 0 Å². The first kappa shape index (κ1) is 14.5. The summed E-state index contributed by atoms with van der Waals surface area (Å²) in [5.41, 5.74) is -0.475. The molecule has 0 aliphatic rings. The maximum Gasteiger partial charge on any atom is 0.255 e. The third kappa shape index (κ3) is 2.82. The molecular formula is C13H6BrF4NO. The van der Waals surface area contributed by atoms with E-state index < -0.39 is 34.9 Å². The smallest absolute Gasteiger partial charge is 0.255 e. The Morgan fingerprint density at radius 1 is 0.950 bits per heavy atom. The number of halogens is 5. The second-order valence-corrected chi connectivity index (χ2v) is 4.66. The lowest BCUT2D eigenvalue weighted by molar-refractivity contribution is 0.102. The number of hydrogen-bond acceptors (Lipinski definition) is 1. The maximum absolute atomic E-state index is 13.4. The van der Waals surface area contributed by atoms with Crippen LogP contribution >= 0.6 is 15.9 Å². The topological polar surface area (TPSA) is 29.1 Å². The van der Waals surface area contributed by atoms with Crippen LogP contribution < -0.4 is 5.32 Å². The van der Waals surface area contributed by atoms with Crippen molar-refractivity contribution in [2.75, 3.05) is 5.32 Å². The molecule has 7 heteroatoms. The van der Waals surface area contributed by atoms with E-state index in [9.17, 15) is 22.4 Å². The van der Waals surface area contributed by atoms with Crippen LogP contribution in [0.1, 0.15) is 10.4 Å². The Hall–Kier alpha value is -1.89. The van der Waals surface area contributed by atoms with E-state index in [-0.39, 0.29) is 10.0 Å². The molecule has 2 aromatic rings. The third-order valence-electron chi connectivity index (χ3n) is 2.47. The Morgan fingerprint density at radius 3 is 2.25 bits per heavy atom. The standard InChI is InChI=1S/C13H6BrF4NO/c14-7-5-6(1-2-8(7)15)13(20)19-10-4-3-9(16)11(17)12(10)18/h1-5H,(H,19,20). The molecule has 0 aliphatic heterocycles. The number of amides is 1. The number of carbonyl (C=O) groups is 1. The van der Waals surface area contributed by atoms with Gasteiger partial charge < -0.3 is 5.32 Å². The molecule has 2 aromatic carbocycles. The normalized spacial score (nSPS) is 10.4. The highest BCUT2D eigenvalue weighted by molar-refractivity contribution is 9.10. The van der Waals surface area contributed by atoms with Crippen LogP contribution in [0.4, 0.5) is 23.2 Å². The molecule has 0 fully saturated rings. The third-order valence-corrected chi connectivity index (χ3v) is 3.07. The first-order valence-corrected chi connectivity index (χ1v) is 6.09. The monoisotopic (exact) mass is 347 g/mol. The maximum atomic E-state index is 13.4. The zero-order valence-electron chi connectivity index (χ0n) is 9.68. The molecule has 0 heterocycles. The molecule has 1 amide bonds. The molecule has 2 nitrogen and oxygen atoms in total. The van der Waals surface area contributed by atoms with E-state index in [0.29, 0.717) is 6.07 Å². The van der Waals surface area contributed by atoms with Gasteiger partial charge in [-0.3, -0.25) is 4.79 Å². The summed E-state index contributed by atoms with van der Waals surface area (Å²) in [5.74, 6) is -5.89. The number of nitrogens with one attached hydrogen (secondary N) is 1. The van der Waals surface area contributed by atoms with Crippen molar-refractivity contribution in [2.24, 2.45) is 0 Å². The van der Waals surface area contributed by atoms with Crippen molar-refractivity contribution in [3.63, 3.8) is 0 Å². The van der Waals surface area contributed by atoms with Crippen molar-refractivity contribution in [3.05, 3.63) is 63.6 Å². The number of rotatable bonds is 2. The molecular weight excluding hydrogens is 342 g/mol. The Bertz CT molecular complexity index is 690. The van der Waals surface area contributed by atoms with Crippen molar-refractivity contribution in [2.45, 2.75) is 0 Å². The second kappa shape index (κ2) is 5.62. The summed E-state index contributed by atoms with van der Waals surface area (Å²) in [4.78, 5) is 11.8. The zero-order chi connectivity index (χ0) is 14.9. The summed E-state index contributed by atoms with van der Waals surface area (Å²) in [7, 11) is 0. The minimum absolute atomic E-state index is 0.0300. The summed E-state index contributed by atoms with van der Waals surface area (Å²) in [6, 6.07) is 4.98. The van der Waals surface area contributed by atoms with Gasteiger partial charge in [0, 0.05) is 5.56 Å². The minimum Gasteiger partial charge on any atom is -0.319 e. The van der Waals surface area contributed by atoms with Crippen LogP contribution in [-0.4, -0.2) is 5.91 Å². The lowest BCUT2D eigenvalue weighted by atomic mass is 10.2. The molecule has 20 heavy (non-hydrogen) atoms. The predicted octanol–water partition coefficient (Wildman–Crippen LogP) is 4.26. The van der Waals surface area contributed by atoms with Gasteiger partial charge in [-0.25, -0.2) is 17.6 Å². The van der Waals surface area contributed by atoms with Gasteiger partial charge >= 0.3 is 0 Å². The van der Waals surface area contributed by atoms with Crippen molar-refractivity contribution in [3.8, 4) is 0 Å². The molecule has 0 aromatic heterocycles.